The van der Waals surface area contributed by atoms with Gasteiger partial charge in [0.05, 0.1) is 0 Å². The molecule has 94 valence electrons. The van der Waals surface area contributed by atoms with Crippen LogP contribution in [-0.4, -0.2) is 17.0 Å². The summed E-state index contributed by atoms with van der Waals surface area (Å²) in [7, 11) is 1.69. The van der Waals surface area contributed by atoms with Gasteiger partial charge in [0.1, 0.15) is 29.5 Å². The van der Waals surface area contributed by atoms with Crippen molar-refractivity contribution in [2.75, 3.05) is 17.7 Å². The first-order valence-corrected chi connectivity index (χ1v) is 5.33. The van der Waals surface area contributed by atoms with E-state index < -0.39 is 11.6 Å². The summed E-state index contributed by atoms with van der Waals surface area (Å²) in [4.78, 5) is 7.81. The second-order valence-electron chi connectivity index (χ2n) is 3.72. The van der Waals surface area contributed by atoms with Crippen LogP contribution in [0.1, 0.15) is 5.56 Å². The lowest BCUT2D eigenvalue weighted by atomic mass is 10.2. The molecule has 0 radical (unpaired) electrons. The van der Waals surface area contributed by atoms with Crippen LogP contribution >= 0.6 is 0 Å². The van der Waals surface area contributed by atoms with E-state index in [0.29, 0.717) is 17.2 Å². The molecule has 0 saturated carbocycles. The van der Waals surface area contributed by atoms with Crippen LogP contribution in [0.4, 0.5) is 26.1 Å². The SMILES string of the molecule is CNc1cc(Nc2c(F)ccc(C)c2F)ncn1. The summed E-state index contributed by atoms with van der Waals surface area (Å²) >= 11 is 0. The van der Waals surface area contributed by atoms with Gasteiger partial charge in [-0.2, -0.15) is 0 Å². The number of hydrogen-bond acceptors (Lipinski definition) is 4. The predicted octanol–water partition coefficient (Wildman–Crippen LogP) is 2.85. The first-order valence-electron chi connectivity index (χ1n) is 5.33. The van der Waals surface area contributed by atoms with E-state index in [1.54, 1.807) is 20.0 Å². The third kappa shape index (κ3) is 2.37. The van der Waals surface area contributed by atoms with E-state index in [1.165, 1.54) is 18.5 Å². The highest BCUT2D eigenvalue weighted by Gasteiger charge is 2.12. The molecule has 18 heavy (non-hydrogen) atoms. The van der Waals surface area contributed by atoms with E-state index in [-0.39, 0.29) is 5.69 Å². The van der Waals surface area contributed by atoms with Gasteiger partial charge in [-0.25, -0.2) is 18.7 Å². The van der Waals surface area contributed by atoms with E-state index >= 15 is 0 Å². The van der Waals surface area contributed by atoms with Gasteiger partial charge in [0.2, 0.25) is 0 Å². The number of halogens is 2. The Morgan fingerprint density at radius 2 is 1.83 bits per heavy atom. The van der Waals surface area contributed by atoms with Gasteiger partial charge in [-0.1, -0.05) is 6.07 Å². The second kappa shape index (κ2) is 4.95. The maximum atomic E-state index is 13.8. The van der Waals surface area contributed by atoms with Crippen molar-refractivity contribution in [2.45, 2.75) is 6.92 Å². The minimum atomic E-state index is -0.664. The number of nitrogens with zero attached hydrogens (tertiary/aromatic N) is 2. The van der Waals surface area contributed by atoms with Gasteiger partial charge in [0, 0.05) is 13.1 Å². The number of aryl methyl sites for hydroxylation is 1. The number of hydrogen-bond donors (Lipinski definition) is 2. The quantitative estimate of drug-likeness (QED) is 0.879. The Hall–Kier alpha value is -2.24. The molecule has 1 aromatic heterocycles. The molecule has 1 heterocycles. The molecule has 0 bridgehead atoms. The topological polar surface area (TPSA) is 49.8 Å². The smallest absolute Gasteiger partial charge is 0.152 e. The number of benzene rings is 1. The lowest BCUT2D eigenvalue weighted by Gasteiger charge is -2.10. The number of rotatable bonds is 3. The molecule has 0 aliphatic rings. The van der Waals surface area contributed by atoms with Crippen molar-refractivity contribution in [3.8, 4) is 0 Å². The Morgan fingerprint density at radius 3 is 2.56 bits per heavy atom. The molecule has 6 heteroatoms. The summed E-state index contributed by atoms with van der Waals surface area (Å²) < 4.78 is 27.3. The fourth-order valence-electron chi connectivity index (χ4n) is 1.46. The zero-order chi connectivity index (χ0) is 13.1. The molecule has 2 rings (SSSR count). The van der Waals surface area contributed by atoms with Gasteiger partial charge < -0.3 is 10.6 Å². The van der Waals surface area contributed by atoms with E-state index in [9.17, 15) is 8.78 Å². The van der Waals surface area contributed by atoms with Crippen LogP contribution in [0.5, 0.6) is 0 Å². The molecule has 1 aromatic carbocycles. The predicted molar refractivity (Wildman–Crippen MR) is 66.0 cm³/mol. The van der Waals surface area contributed by atoms with Gasteiger partial charge in [-0.05, 0) is 18.6 Å². The van der Waals surface area contributed by atoms with Gasteiger partial charge in [0.15, 0.2) is 5.82 Å². The number of aromatic nitrogens is 2. The highest BCUT2D eigenvalue weighted by molar-refractivity contribution is 5.60. The minimum Gasteiger partial charge on any atom is -0.373 e. The molecule has 0 aliphatic heterocycles. The van der Waals surface area contributed by atoms with Crippen molar-refractivity contribution in [1.29, 1.82) is 0 Å². The molecule has 2 aromatic rings. The van der Waals surface area contributed by atoms with Gasteiger partial charge in [-0.3, -0.25) is 0 Å². The van der Waals surface area contributed by atoms with Gasteiger partial charge in [0.25, 0.3) is 0 Å². The Bertz CT molecular complexity index is 572. The summed E-state index contributed by atoms with van der Waals surface area (Å²) in [5.41, 5.74) is 0.151. The molecule has 2 N–H and O–H groups in total. The molecule has 4 nitrogen and oxygen atoms in total. The van der Waals surface area contributed by atoms with Crippen molar-refractivity contribution in [1.82, 2.24) is 9.97 Å². The lowest BCUT2D eigenvalue weighted by molar-refractivity contribution is 0.584. The molecule has 0 saturated heterocycles. The maximum Gasteiger partial charge on any atom is 0.152 e. The molecule has 0 amide bonds. The molecular weight excluding hydrogens is 238 g/mol. The monoisotopic (exact) mass is 250 g/mol. The first kappa shape index (κ1) is 12.2. The van der Waals surface area contributed by atoms with Crippen molar-refractivity contribution >= 4 is 17.3 Å². The maximum absolute atomic E-state index is 13.8. The zero-order valence-corrected chi connectivity index (χ0v) is 9.96. The van der Waals surface area contributed by atoms with Crippen LogP contribution in [0.2, 0.25) is 0 Å². The Kier molecular flexibility index (Phi) is 3.36. The van der Waals surface area contributed by atoms with Crippen LogP contribution < -0.4 is 10.6 Å². The standard InChI is InChI=1S/C12H12F2N4/c1-7-3-4-8(13)12(11(7)14)18-10-5-9(15-2)16-6-17-10/h3-6H,1-2H3,(H2,15,16,17,18). The number of nitrogens with one attached hydrogen (secondary N) is 2. The molecular formula is C12H12F2N4. The van der Waals surface area contributed by atoms with Crippen molar-refractivity contribution in [2.24, 2.45) is 0 Å². The van der Waals surface area contributed by atoms with Crippen LogP contribution in [0, 0.1) is 18.6 Å². The zero-order valence-electron chi connectivity index (χ0n) is 9.96. The molecule has 0 unspecified atom stereocenters. The van der Waals surface area contributed by atoms with Crippen LogP contribution in [0.3, 0.4) is 0 Å². The third-order valence-electron chi connectivity index (χ3n) is 2.46. The summed E-state index contributed by atoms with van der Waals surface area (Å²) in [6.45, 7) is 1.57. The highest BCUT2D eigenvalue weighted by atomic mass is 19.1. The third-order valence-corrected chi connectivity index (χ3v) is 2.46. The van der Waals surface area contributed by atoms with E-state index in [4.69, 9.17) is 0 Å². The summed E-state index contributed by atoms with van der Waals surface area (Å²) in [5, 5.41) is 5.43. The highest BCUT2D eigenvalue weighted by Crippen LogP contribution is 2.25. The second-order valence-corrected chi connectivity index (χ2v) is 3.72. The molecule has 0 fully saturated rings. The van der Waals surface area contributed by atoms with Crippen molar-refractivity contribution in [3.05, 3.63) is 41.7 Å². The largest absolute Gasteiger partial charge is 0.373 e. The Labute approximate surface area is 103 Å². The average Bonchev–Trinajstić information content (AvgIpc) is 2.39. The Balaban J connectivity index is 2.36. The summed E-state index contributed by atoms with van der Waals surface area (Å²) in [6, 6.07) is 4.15. The summed E-state index contributed by atoms with van der Waals surface area (Å²) in [6.07, 6.45) is 1.31. The molecule has 0 atom stereocenters. The minimum absolute atomic E-state index is 0.212. The van der Waals surface area contributed by atoms with Crippen molar-refractivity contribution < 1.29 is 8.78 Å². The lowest BCUT2D eigenvalue weighted by Crippen LogP contribution is -2.02. The number of anilines is 3. The van der Waals surface area contributed by atoms with E-state index in [1.807, 2.05) is 0 Å². The Morgan fingerprint density at radius 1 is 1.11 bits per heavy atom. The van der Waals surface area contributed by atoms with E-state index in [0.717, 1.165) is 0 Å². The van der Waals surface area contributed by atoms with Crippen LogP contribution in [0.25, 0.3) is 0 Å². The summed E-state index contributed by atoms with van der Waals surface area (Å²) in [5.74, 6) is -0.416. The van der Waals surface area contributed by atoms with Crippen molar-refractivity contribution in [3.63, 3.8) is 0 Å². The van der Waals surface area contributed by atoms with Gasteiger partial charge in [-0.15, -0.1) is 0 Å². The fraction of sp³-hybridized carbons (Fsp3) is 0.167. The van der Waals surface area contributed by atoms with Gasteiger partial charge >= 0.3 is 0 Å². The first-order chi connectivity index (χ1) is 8.61. The molecule has 0 spiro atoms. The van der Waals surface area contributed by atoms with E-state index in [2.05, 4.69) is 20.6 Å². The average molecular weight is 250 g/mol. The van der Waals surface area contributed by atoms with Crippen LogP contribution in [0.15, 0.2) is 24.5 Å². The fourth-order valence-corrected chi connectivity index (χ4v) is 1.46. The van der Waals surface area contributed by atoms with Crippen LogP contribution in [-0.2, 0) is 0 Å². The normalized spacial score (nSPS) is 10.2. The molecule has 0 aliphatic carbocycles.